The number of halogens is 1. The van der Waals surface area contributed by atoms with Crippen molar-refractivity contribution < 1.29 is 13.9 Å². The Kier molecular flexibility index (Phi) is 4.26. The molecule has 3 aromatic rings. The van der Waals surface area contributed by atoms with Gasteiger partial charge in [-0.25, -0.2) is 0 Å². The number of hydrogen-bond acceptors (Lipinski definition) is 3. The van der Waals surface area contributed by atoms with Gasteiger partial charge in [0.1, 0.15) is 11.3 Å². The van der Waals surface area contributed by atoms with Crippen LogP contribution in [0.15, 0.2) is 47.1 Å². The minimum atomic E-state index is -0.145. The van der Waals surface area contributed by atoms with Crippen molar-refractivity contribution in [3.05, 3.63) is 58.8 Å². The lowest BCUT2D eigenvalue weighted by molar-refractivity contribution is -0.115. The molecule has 0 radical (unpaired) electrons. The van der Waals surface area contributed by atoms with E-state index in [0.717, 1.165) is 22.1 Å². The van der Waals surface area contributed by atoms with Crippen molar-refractivity contribution in [1.82, 2.24) is 0 Å². The molecule has 23 heavy (non-hydrogen) atoms. The molecule has 0 fully saturated rings. The van der Waals surface area contributed by atoms with E-state index in [1.807, 2.05) is 31.2 Å². The van der Waals surface area contributed by atoms with E-state index in [1.165, 1.54) is 0 Å². The van der Waals surface area contributed by atoms with Gasteiger partial charge in [-0.2, -0.15) is 0 Å². The fourth-order valence-corrected chi connectivity index (χ4v) is 2.62. The molecule has 0 saturated carbocycles. The molecule has 2 aromatic carbocycles. The normalized spacial score (nSPS) is 10.7. The predicted octanol–water partition coefficient (Wildman–Crippen LogP) is 4.58. The molecule has 0 spiro atoms. The second-order valence-corrected chi connectivity index (χ2v) is 5.69. The van der Waals surface area contributed by atoms with Gasteiger partial charge in [0.15, 0.2) is 0 Å². The van der Waals surface area contributed by atoms with Gasteiger partial charge in [-0.1, -0.05) is 23.7 Å². The topological polar surface area (TPSA) is 51.5 Å². The third kappa shape index (κ3) is 3.17. The highest BCUT2D eigenvalue weighted by atomic mass is 35.5. The average molecular weight is 330 g/mol. The summed E-state index contributed by atoms with van der Waals surface area (Å²) in [6.07, 6.45) is 1.80. The van der Waals surface area contributed by atoms with Crippen LogP contribution in [0.5, 0.6) is 5.75 Å². The lowest BCUT2D eigenvalue weighted by Crippen LogP contribution is -2.14. The van der Waals surface area contributed by atoms with Gasteiger partial charge in [-0.3, -0.25) is 4.79 Å². The molecule has 0 unspecified atom stereocenters. The van der Waals surface area contributed by atoms with Gasteiger partial charge in [0.25, 0.3) is 0 Å². The van der Waals surface area contributed by atoms with E-state index >= 15 is 0 Å². The van der Waals surface area contributed by atoms with Crippen molar-refractivity contribution in [2.75, 3.05) is 12.4 Å². The number of furan rings is 1. The molecule has 5 heteroatoms. The molecule has 1 N–H and O–H groups in total. The van der Waals surface area contributed by atoms with E-state index in [1.54, 1.807) is 25.5 Å². The average Bonchev–Trinajstić information content (AvgIpc) is 2.90. The highest BCUT2D eigenvalue weighted by molar-refractivity contribution is 6.32. The second kappa shape index (κ2) is 6.34. The molecule has 0 saturated heterocycles. The number of ether oxygens (including phenoxy) is 1. The number of para-hydroxylation sites is 2. The first-order chi connectivity index (χ1) is 11.1. The minimum absolute atomic E-state index is 0.145. The van der Waals surface area contributed by atoms with Crippen molar-refractivity contribution in [2.24, 2.45) is 0 Å². The Morgan fingerprint density at radius 3 is 2.87 bits per heavy atom. The number of anilines is 1. The largest absolute Gasteiger partial charge is 0.495 e. The monoisotopic (exact) mass is 329 g/mol. The summed E-state index contributed by atoms with van der Waals surface area (Å²) in [5, 5.41) is 4.37. The molecular formula is C18H16ClNO3. The van der Waals surface area contributed by atoms with Crippen molar-refractivity contribution in [1.29, 1.82) is 0 Å². The molecule has 0 aliphatic heterocycles. The highest BCUT2D eigenvalue weighted by Crippen LogP contribution is 2.28. The number of carbonyl (C=O) groups excluding carboxylic acids is 1. The van der Waals surface area contributed by atoms with E-state index < -0.39 is 0 Å². The Labute approximate surface area is 139 Å². The van der Waals surface area contributed by atoms with E-state index in [-0.39, 0.29) is 12.3 Å². The number of rotatable bonds is 4. The van der Waals surface area contributed by atoms with Crippen molar-refractivity contribution in [2.45, 2.75) is 13.3 Å². The summed E-state index contributed by atoms with van der Waals surface area (Å²) in [6.45, 7) is 1.92. The van der Waals surface area contributed by atoms with Crippen LogP contribution in [0.3, 0.4) is 0 Å². The fourth-order valence-electron chi connectivity index (χ4n) is 2.45. The van der Waals surface area contributed by atoms with Gasteiger partial charge in [-0.15, -0.1) is 0 Å². The number of benzene rings is 2. The zero-order chi connectivity index (χ0) is 16.4. The summed E-state index contributed by atoms with van der Waals surface area (Å²) in [7, 11) is 1.57. The van der Waals surface area contributed by atoms with Crippen LogP contribution in [0.1, 0.15) is 11.1 Å². The van der Waals surface area contributed by atoms with E-state index in [4.69, 9.17) is 20.8 Å². The number of hydrogen-bond donors (Lipinski definition) is 1. The Balaban J connectivity index is 1.82. The Morgan fingerprint density at radius 1 is 1.30 bits per heavy atom. The molecule has 0 aliphatic carbocycles. The zero-order valence-electron chi connectivity index (χ0n) is 12.9. The van der Waals surface area contributed by atoms with Crippen molar-refractivity contribution in [3.8, 4) is 5.75 Å². The van der Waals surface area contributed by atoms with Crippen LogP contribution >= 0.6 is 11.6 Å². The molecule has 118 valence electrons. The number of fused-ring (bicyclic) bond motifs is 1. The summed E-state index contributed by atoms with van der Waals surface area (Å²) >= 11 is 6.16. The summed E-state index contributed by atoms with van der Waals surface area (Å²) in [5.74, 6) is 0.477. The van der Waals surface area contributed by atoms with E-state index in [2.05, 4.69) is 5.32 Å². The third-order valence-electron chi connectivity index (χ3n) is 3.67. The van der Waals surface area contributed by atoms with Gasteiger partial charge in [0, 0.05) is 16.0 Å². The third-order valence-corrected chi connectivity index (χ3v) is 4.07. The lowest BCUT2D eigenvalue weighted by atomic mass is 10.1. The minimum Gasteiger partial charge on any atom is -0.495 e. The maximum Gasteiger partial charge on any atom is 0.229 e. The van der Waals surface area contributed by atoms with Crippen molar-refractivity contribution in [3.63, 3.8) is 0 Å². The molecule has 4 nitrogen and oxygen atoms in total. The Morgan fingerprint density at radius 2 is 2.09 bits per heavy atom. The van der Waals surface area contributed by atoms with Crippen LogP contribution in [0.4, 0.5) is 5.69 Å². The van der Waals surface area contributed by atoms with Crippen LogP contribution in [-0.4, -0.2) is 13.0 Å². The SMILES string of the molecule is COc1ccccc1NC(=O)Cc1coc2cc(C)c(Cl)cc12. The first-order valence-corrected chi connectivity index (χ1v) is 7.55. The molecule has 1 amide bonds. The maximum absolute atomic E-state index is 12.3. The van der Waals surface area contributed by atoms with E-state index in [9.17, 15) is 4.79 Å². The van der Waals surface area contributed by atoms with Crippen LogP contribution in [0.25, 0.3) is 11.0 Å². The second-order valence-electron chi connectivity index (χ2n) is 5.28. The quantitative estimate of drug-likeness (QED) is 0.762. The fraction of sp³-hybridized carbons (Fsp3) is 0.167. The molecule has 1 aromatic heterocycles. The summed E-state index contributed by atoms with van der Waals surface area (Å²) in [6, 6.07) is 11.0. The highest BCUT2D eigenvalue weighted by Gasteiger charge is 2.13. The molecule has 0 bridgehead atoms. The predicted molar refractivity (Wildman–Crippen MR) is 91.3 cm³/mol. The molecule has 3 rings (SSSR count). The lowest BCUT2D eigenvalue weighted by Gasteiger charge is -2.09. The Bertz CT molecular complexity index is 870. The van der Waals surface area contributed by atoms with Crippen LogP contribution in [0.2, 0.25) is 5.02 Å². The number of amides is 1. The number of nitrogens with one attached hydrogen (secondary N) is 1. The molecule has 0 atom stereocenters. The van der Waals surface area contributed by atoms with Crippen LogP contribution < -0.4 is 10.1 Å². The van der Waals surface area contributed by atoms with Gasteiger partial charge < -0.3 is 14.5 Å². The van der Waals surface area contributed by atoms with Crippen molar-refractivity contribution >= 4 is 34.2 Å². The summed E-state index contributed by atoms with van der Waals surface area (Å²) in [5.41, 5.74) is 3.11. The number of methoxy groups -OCH3 is 1. The molecule has 1 heterocycles. The molecule has 0 aliphatic rings. The first-order valence-electron chi connectivity index (χ1n) is 7.17. The first kappa shape index (κ1) is 15.4. The van der Waals surface area contributed by atoms with Crippen LogP contribution in [-0.2, 0) is 11.2 Å². The molecular weight excluding hydrogens is 314 g/mol. The summed E-state index contributed by atoms with van der Waals surface area (Å²) < 4.78 is 10.7. The maximum atomic E-state index is 12.3. The van der Waals surface area contributed by atoms with Crippen LogP contribution in [0, 0.1) is 6.92 Å². The van der Waals surface area contributed by atoms with Gasteiger partial charge >= 0.3 is 0 Å². The smallest absolute Gasteiger partial charge is 0.229 e. The van der Waals surface area contributed by atoms with Gasteiger partial charge in [-0.05, 0) is 36.8 Å². The number of carbonyl (C=O) groups is 1. The number of aryl methyl sites for hydroxylation is 1. The summed E-state index contributed by atoms with van der Waals surface area (Å²) in [4.78, 5) is 12.3. The van der Waals surface area contributed by atoms with Gasteiger partial charge in [0.2, 0.25) is 5.91 Å². The standard InChI is InChI=1S/C18H16ClNO3/c1-11-7-17-13(9-14(11)19)12(10-23-17)8-18(21)20-15-5-3-4-6-16(15)22-2/h3-7,9-10H,8H2,1-2H3,(H,20,21). The van der Waals surface area contributed by atoms with E-state index in [0.29, 0.717) is 16.5 Å². The Hall–Kier alpha value is -2.46. The zero-order valence-corrected chi connectivity index (χ0v) is 13.6. The van der Waals surface area contributed by atoms with Gasteiger partial charge in [0.05, 0.1) is 25.5 Å².